The van der Waals surface area contributed by atoms with Gasteiger partial charge in [-0.3, -0.25) is 4.57 Å². The first-order valence-corrected chi connectivity index (χ1v) is 7.03. The average molecular weight is 295 g/mol. The number of rotatable bonds is 5. The summed E-state index contributed by atoms with van der Waals surface area (Å²) in [6, 6.07) is 0. The van der Waals surface area contributed by atoms with E-state index < -0.39 is 0 Å². The number of H-pyrrole nitrogens is 1. The van der Waals surface area contributed by atoms with Crippen molar-refractivity contribution >= 4 is 17.6 Å². The van der Waals surface area contributed by atoms with Gasteiger partial charge in [-0.25, -0.2) is 25.7 Å². The summed E-state index contributed by atoms with van der Waals surface area (Å²) in [6.45, 7) is 6.27. The van der Waals surface area contributed by atoms with E-state index in [1.54, 1.807) is 11.5 Å². The maximum Gasteiger partial charge on any atom is 0.343 e. The third-order valence-corrected chi connectivity index (χ3v) is 3.79. The van der Waals surface area contributed by atoms with Gasteiger partial charge in [-0.1, -0.05) is 6.92 Å². The Morgan fingerprint density at radius 2 is 2.15 bits per heavy atom. The van der Waals surface area contributed by atoms with Crippen molar-refractivity contribution in [3.05, 3.63) is 21.9 Å². The van der Waals surface area contributed by atoms with Crippen LogP contribution < -0.4 is 17.0 Å². The van der Waals surface area contributed by atoms with Gasteiger partial charge in [0, 0.05) is 12.1 Å². The number of hydrogen-bond acceptors (Lipinski definition) is 7. The summed E-state index contributed by atoms with van der Waals surface area (Å²) in [5, 5.41) is 7.80. The van der Waals surface area contributed by atoms with Gasteiger partial charge >= 0.3 is 5.69 Å². The van der Waals surface area contributed by atoms with Gasteiger partial charge in [0.15, 0.2) is 5.16 Å². The van der Waals surface area contributed by atoms with E-state index in [4.69, 9.17) is 5.84 Å². The predicted molar refractivity (Wildman–Crippen MR) is 76.6 cm³/mol. The molecule has 0 saturated heterocycles. The zero-order chi connectivity index (χ0) is 14.7. The minimum absolute atomic E-state index is 0.213. The number of nitrogens with two attached hydrogens (primary N) is 1. The fourth-order valence-electron chi connectivity index (χ4n) is 1.73. The van der Waals surface area contributed by atoms with Crippen molar-refractivity contribution in [1.29, 1.82) is 0 Å². The number of nitrogen functional groups attached to an aromatic ring is 1. The van der Waals surface area contributed by atoms with Crippen LogP contribution >= 0.6 is 11.8 Å². The molecule has 0 aliphatic rings. The van der Waals surface area contributed by atoms with E-state index in [-0.39, 0.29) is 5.69 Å². The number of aromatic nitrogens is 5. The van der Waals surface area contributed by atoms with Gasteiger partial charge in [0.2, 0.25) is 0 Å². The molecule has 0 fully saturated rings. The standard InChI is InChI=1S/C11H17N7OS/c1-4-5-18-10(19)16-17-11(18)20-9-6(2)8(15-12)13-7(3)14-9/h4-5,12H2,1-3H3,(H,16,19)(H,13,14,15). The van der Waals surface area contributed by atoms with Crippen molar-refractivity contribution in [3.63, 3.8) is 0 Å². The molecular weight excluding hydrogens is 278 g/mol. The molecule has 8 nitrogen and oxygen atoms in total. The number of hydrazine groups is 1. The Morgan fingerprint density at radius 1 is 1.40 bits per heavy atom. The molecule has 0 aliphatic carbocycles. The predicted octanol–water partition coefficient (Wildman–Crippen LogP) is 0.825. The maximum atomic E-state index is 11.7. The van der Waals surface area contributed by atoms with E-state index in [0.29, 0.717) is 23.3 Å². The van der Waals surface area contributed by atoms with Crippen LogP contribution in [0.4, 0.5) is 5.82 Å². The number of nitrogens with zero attached hydrogens (tertiary/aromatic N) is 4. The third kappa shape index (κ3) is 2.83. The first-order chi connectivity index (χ1) is 9.56. The monoisotopic (exact) mass is 295 g/mol. The molecule has 2 heterocycles. The van der Waals surface area contributed by atoms with Gasteiger partial charge in [-0.05, 0) is 32.0 Å². The van der Waals surface area contributed by atoms with E-state index in [1.165, 1.54) is 11.8 Å². The molecule has 2 rings (SSSR count). The molecular formula is C11H17N7OS. The SMILES string of the molecule is CCCn1c(Sc2nc(C)nc(NN)c2C)n[nH]c1=O. The molecule has 0 radical (unpaired) electrons. The van der Waals surface area contributed by atoms with Crippen LogP contribution in [0.15, 0.2) is 15.0 Å². The van der Waals surface area contributed by atoms with Crippen LogP contribution in [0.5, 0.6) is 0 Å². The summed E-state index contributed by atoms with van der Waals surface area (Å²) in [5.41, 5.74) is 3.15. The molecule has 108 valence electrons. The summed E-state index contributed by atoms with van der Waals surface area (Å²) >= 11 is 1.32. The number of nitrogens with one attached hydrogen (secondary N) is 2. The Labute approximate surface area is 120 Å². The first kappa shape index (κ1) is 14.5. The summed E-state index contributed by atoms with van der Waals surface area (Å²) in [7, 11) is 0. The van der Waals surface area contributed by atoms with Gasteiger partial charge in [0.25, 0.3) is 0 Å². The van der Waals surface area contributed by atoms with Crippen LogP contribution in [0.3, 0.4) is 0 Å². The van der Waals surface area contributed by atoms with Gasteiger partial charge in [0.1, 0.15) is 16.7 Å². The topological polar surface area (TPSA) is 115 Å². The van der Waals surface area contributed by atoms with Crippen molar-refractivity contribution in [2.24, 2.45) is 5.84 Å². The number of hydrogen-bond donors (Lipinski definition) is 3. The minimum atomic E-state index is -0.213. The van der Waals surface area contributed by atoms with Crippen LogP contribution in [-0.2, 0) is 6.54 Å². The smallest absolute Gasteiger partial charge is 0.308 e. The van der Waals surface area contributed by atoms with Gasteiger partial charge in [-0.15, -0.1) is 5.10 Å². The van der Waals surface area contributed by atoms with E-state index in [9.17, 15) is 4.79 Å². The van der Waals surface area contributed by atoms with Crippen LogP contribution in [0.1, 0.15) is 24.7 Å². The highest BCUT2D eigenvalue weighted by Gasteiger charge is 2.14. The molecule has 0 amide bonds. The highest BCUT2D eigenvalue weighted by Crippen LogP contribution is 2.29. The van der Waals surface area contributed by atoms with E-state index in [2.05, 4.69) is 25.6 Å². The molecule has 4 N–H and O–H groups in total. The normalized spacial score (nSPS) is 10.8. The summed E-state index contributed by atoms with van der Waals surface area (Å²) in [4.78, 5) is 20.2. The molecule has 2 aromatic rings. The highest BCUT2D eigenvalue weighted by molar-refractivity contribution is 7.99. The molecule has 2 aromatic heterocycles. The molecule has 9 heteroatoms. The minimum Gasteiger partial charge on any atom is -0.308 e. The van der Waals surface area contributed by atoms with Gasteiger partial charge in [0.05, 0.1) is 0 Å². The van der Waals surface area contributed by atoms with Crippen LogP contribution in [0.25, 0.3) is 0 Å². The lowest BCUT2D eigenvalue weighted by molar-refractivity contribution is 0.603. The van der Waals surface area contributed by atoms with Crippen molar-refractivity contribution in [2.45, 2.75) is 43.9 Å². The molecule has 0 aromatic carbocycles. The molecule has 0 bridgehead atoms. The Kier molecular flexibility index (Phi) is 4.40. The maximum absolute atomic E-state index is 11.7. The molecule has 0 unspecified atom stereocenters. The summed E-state index contributed by atoms with van der Waals surface area (Å²) < 4.78 is 1.59. The third-order valence-electron chi connectivity index (χ3n) is 2.71. The van der Waals surface area contributed by atoms with Crippen LogP contribution in [0, 0.1) is 13.8 Å². The average Bonchev–Trinajstić information content (AvgIpc) is 2.76. The second-order valence-corrected chi connectivity index (χ2v) is 5.21. The largest absolute Gasteiger partial charge is 0.343 e. The molecule has 0 atom stereocenters. The Morgan fingerprint density at radius 3 is 2.80 bits per heavy atom. The lowest BCUT2D eigenvalue weighted by Crippen LogP contribution is -2.17. The lowest BCUT2D eigenvalue weighted by Gasteiger charge is -2.10. The number of anilines is 1. The Hall–Kier alpha value is -1.87. The van der Waals surface area contributed by atoms with Gasteiger partial charge < -0.3 is 5.43 Å². The second-order valence-electron chi connectivity index (χ2n) is 4.26. The van der Waals surface area contributed by atoms with Gasteiger partial charge in [-0.2, -0.15) is 0 Å². The summed E-state index contributed by atoms with van der Waals surface area (Å²) in [6.07, 6.45) is 0.852. The molecule has 20 heavy (non-hydrogen) atoms. The van der Waals surface area contributed by atoms with Crippen LogP contribution in [-0.4, -0.2) is 24.7 Å². The zero-order valence-corrected chi connectivity index (χ0v) is 12.4. The van der Waals surface area contributed by atoms with Crippen molar-refractivity contribution in [2.75, 3.05) is 5.43 Å². The zero-order valence-electron chi connectivity index (χ0n) is 11.6. The summed E-state index contributed by atoms with van der Waals surface area (Å²) in [5.74, 6) is 6.61. The fraction of sp³-hybridized carbons (Fsp3) is 0.455. The van der Waals surface area contributed by atoms with Crippen molar-refractivity contribution in [1.82, 2.24) is 24.7 Å². The quantitative estimate of drug-likeness (QED) is 0.425. The molecule has 0 aliphatic heterocycles. The highest BCUT2D eigenvalue weighted by atomic mass is 32.2. The van der Waals surface area contributed by atoms with E-state index >= 15 is 0 Å². The van der Waals surface area contributed by atoms with E-state index in [1.807, 2.05) is 13.8 Å². The Balaban J connectivity index is 2.40. The molecule has 0 spiro atoms. The number of aromatic amines is 1. The first-order valence-electron chi connectivity index (χ1n) is 6.21. The van der Waals surface area contributed by atoms with Crippen molar-refractivity contribution in [3.8, 4) is 0 Å². The fourth-order valence-corrected chi connectivity index (χ4v) is 2.71. The van der Waals surface area contributed by atoms with Crippen LogP contribution in [0.2, 0.25) is 0 Å². The van der Waals surface area contributed by atoms with Crippen molar-refractivity contribution < 1.29 is 0 Å². The lowest BCUT2D eigenvalue weighted by atomic mass is 10.3. The molecule has 0 saturated carbocycles. The van der Waals surface area contributed by atoms with E-state index in [0.717, 1.165) is 17.0 Å². The Bertz CT molecular complexity index is 663. The number of aryl methyl sites for hydroxylation is 1. The second kappa shape index (κ2) is 6.06.